The molecule has 0 saturated heterocycles. The monoisotopic (exact) mass is 134 g/mol. The highest BCUT2D eigenvalue weighted by molar-refractivity contribution is 7.99. The lowest BCUT2D eigenvalue weighted by molar-refractivity contribution is 0.190. The van der Waals surface area contributed by atoms with Crippen molar-refractivity contribution in [2.75, 3.05) is 6.26 Å². The van der Waals surface area contributed by atoms with Crippen molar-refractivity contribution in [3.63, 3.8) is 0 Å². The van der Waals surface area contributed by atoms with Crippen LogP contribution in [-0.2, 0) is 0 Å². The average molecular weight is 134 g/mol. The molecule has 0 aliphatic heterocycles. The fraction of sp³-hybridized carbons (Fsp3) is 1.00. The van der Waals surface area contributed by atoms with Crippen molar-refractivity contribution in [3.05, 3.63) is 0 Å². The van der Waals surface area contributed by atoms with E-state index in [-0.39, 0.29) is 6.10 Å². The molecule has 1 N–H and O–H groups in total. The molecule has 0 bridgehead atoms. The molecular formula is C6H14OS. The van der Waals surface area contributed by atoms with Crippen molar-refractivity contribution < 1.29 is 5.11 Å². The molecule has 0 aliphatic rings. The summed E-state index contributed by atoms with van der Waals surface area (Å²) in [6, 6.07) is 0. The molecule has 0 aromatic heterocycles. The lowest BCUT2D eigenvalue weighted by atomic mass is 10.2. The summed E-state index contributed by atoms with van der Waals surface area (Å²) < 4.78 is 0. The summed E-state index contributed by atoms with van der Waals surface area (Å²) in [5, 5.41) is 9.42. The molecule has 2 unspecified atom stereocenters. The minimum atomic E-state index is -0.157. The normalized spacial score (nSPS) is 18.0. The largest absolute Gasteiger partial charge is 0.392 e. The molecule has 0 amide bonds. The molecule has 0 heterocycles. The van der Waals surface area contributed by atoms with Crippen LogP contribution in [0.25, 0.3) is 0 Å². The van der Waals surface area contributed by atoms with Crippen LogP contribution in [0, 0.1) is 0 Å². The molecule has 0 saturated carbocycles. The molecule has 0 rings (SSSR count). The van der Waals surface area contributed by atoms with Crippen molar-refractivity contribution in [1.29, 1.82) is 0 Å². The van der Waals surface area contributed by atoms with E-state index in [1.54, 1.807) is 11.8 Å². The Morgan fingerprint density at radius 3 is 2.12 bits per heavy atom. The smallest absolute Gasteiger partial charge is 0.0630 e. The Hall–Kier alpha value is 0.310. The van der Waals surface area contributed by atoms with Gasteiger partial charge in [-0.2, -0.15) is 11.8 Å². The van der Waals surface area contributed by atoms with E-state index in [9.17, 15) is 0 Å². The van der Waals surface area contributed by atoms with Crippen LogP contribution in [0.1, 0.15) is 20.3 Å². The first-order chi connectivity index (χ1) is 3.72. The van der Waals surface area contributed by atoms with E-state index in [0.29, 0.717) is 5.25 Å². The lowest BCUT2D eigenvalue weighted by Crippen LogP contribution is -2.17. The quantitative estimate of drug-likeness (QED) is 0.631. The van der Waals surface area contributed by atoms with Crippen LogP contribution in [0.3, 0.4) is 0 Å². The predicted molar refractivity (Wildman–Crippen MR) is 39.3 cm³/mol. The number of aliphatic hydroxyl groups is 1. The fourth-order valence-corrected chi connectivity index (χ4v) is 1.43. The maximum Gasteiger partial charge on any atom is 0.0630 e. The second-order valence-corrected chi connectivity index (χ2v) is 3.00. The summed E-state index contributed by atoms with van der Waals surface area (Å²) in [6.45, 7) is 3.93. The fourth-order valence-electron chi connectivity index (χ4n) is 0.705. The Morgan fingerprint density at radius 2 is 2.12 bits per heavy atom. The van der Waals surface area contributed by atoms with E-state index in [1.165, 1.54) is 0 Å². The van der Waals surface area contributed by atoms with Gasteiger partial charge in [-0.15, -0.1) is 0 Å². The summed E-state index contributed by atoms with van der Waals surface area (Å²) in [5.41, 5.74) is 0. The van der Waals surface area contributed by atoms with Crippen LogP contribution in [0.5, 0.6) is 0 Å². The summed E-state index contributed by atoms with van der Waals surface area (Å²) in [6.07, 6.45) is 2.93. The van der Waals surface area contributed by atoms with E-state index in [0.717, 1.165) is 6.42 Å². The first-order valence-corrected chi connectivity index (χ1v) is 4.22. The van der Waals surface area contributed by atoms with E-state index in [4.69, 9.17) is 5.11 Å². The molecule has 0 aromatic rings. The van der Waals surface area contributed by atoms with Crippen LogP contribution in [0.2, 0.25) is 0 Å². The highest BCUT2D eigenvalue weighted by atomic mass is 32.2. The molecular weight excluding hydrogens is 120 g/mol. The maximum atomic E-state index is 8.99. The van der Waals surface area contributed by atoms with Crippen LogP contribution in [-0.4, -0.2) is 22.7 Å². The lowest BCUT2D eigenvalue weighted by Gasteiger charge is -2.13. The van der Waals surface area contributed by atoms with Gasteiger partial charge in [-0.05, 0) is 19.6 Å². The molecule has 2 heteroatoms. The van der Waals surface area contributed by atoms with Gasteiger partial charge < -0.3 is 5.11 Å². The summed E-state index contributed by atoms with van der Waals surface area (Å²) in [4.78, 5) is 0. The standard InChI is InChI=1S/C6H14OS/c1-4-6(8-3)5(2)7/h5-7H,4H2,1-3H3. The second kappa shape index (κ2) is 4.21. The van der Waals surface area contributed by atoms with Crippen LogP contribution >= 0.6 is 11.8 Å². The molecule has 0 aromatic carbocycles. The van der Waals surface area contributed by atoms with E-state index in [2.05, 4.69) is 6.92 Å². The summed E-state index contributed by atoms with van der Waals surface area (Å²) >= 11 is 1.73. The molecule has 8 heavy (non-hydrogen) atoms. The molecule has 0 aliphatic carbocycles. The zero-order chi connectivity index (χ0) is 6.57. The van der Waals surface area contributed by atoms with Gasteiger partial charge in [0.2, 0.25) is 0 Å². The van der Waals surface area contributed by atoms with E-state index < -0.39 is 0 Å². The Labute approximate surface area is 55.5 Å². The van der Waals surface area contributed by atoms with Gasteiger partial charge in [0.05, 0.1) is 6.10 Å². The Morgan fingerprint density at radius 1 is 1.62 bits per heavy atom. The Bertz CT molecular complexity index is 50.5. The Kier molecular flexibility index (Phi) is 4.38. The second-order valence-electron chi connectivity index (χ2n) is 1.92. The zero-order valence-electron chi connectivity index (χ0n) is 5.72. The van der Waals surface area contributed by atoms with Crippen LogP contribution in [0.15, 0.2) is 0 Å². The number of hydrogen-bond acceptors (Lipinski definition) is 2. The molecule has 1 nitrogen and oxygen atoms in total. The molecule has 2 atom stereocenters. The van der Waals surface area contributed by atoms with E-state index >= 15 is 0 Å². The number of aliphatic hydroxyl groups excluding tert-OH is 1. The number of rotatable bonds is 3. The Balaban J connectivity index is 3.35. The highest BCUT2D eigenvalue weighted by Gasteiger charge is 2.08. The molecule has 0 spiro atoms. The average Bonchev–Trinajstić information content (AvgIpc) is 1.69. The van der Waals surface area contributed by atoms with Gasteiger partial charge in [0, 0.05) is 5.25 Å². The van der Waals surface area contributed by atoms with Gasteiger partial charge in [0.25, 0.3) is 0 Å². The molecule has 50 valence electrons. The van der Waals surface area contributed by atoms with Gasteiger partial charge in [0.1, 0.15) is 0 Å². The van der Waals surface area contributed by atoms with Crippen LogP contribution in [0.4, 0.5) is 0 Å². The third-order valence-corrected chi connectivity index (χ3v) is 2.58. The van der Waals surface area contributed by atoms with Crippen molar-refractivity contribution in [1.82, 2.24) is 0 Å². The third kappa shape index (κ3) is 2.58. The van der Waals surface area contributed by atoms with Crippen LogP contribution < -0.4 is 0 Å². The summed E-state index contributed by atoms with van der Waals surface area (Å²) in [7, 11) is 0. The van der Waals surface area contributed by atoms with Crippen molar-refractivity contribution >= 4 is 11.8 Å². The zero-order valence-corrected chi connectivity index (χ0v) is 6.53. The van der Waals surface area contributed by atoms with Gasteiger partial charge in [-0.1, -0.05) is 6.92 Å². The van der Waals surface area contributed by atoms with E-state index in [1.807, 2.05) is 13.2 Å². The molecule has 0 radical (unpaired) electrons. The minimum absolute atomic E-state index is 0.157. The van der Waals surface area contributed by atoms with Gasteiger partial charge >= 0.3 is 0 Å². The maximum absolute atomic E-state index is 8.99. The molecule has 0 fully saturated rings. The van der Waals surface area contributed by atoms with Crippen molar-refractivity contribution in [3.8, 4) is 0 Å². The number of hydrogen-bond donors (Lipinski definition) is 1. The van der Waals surface area contributed by atoms with Crippen molar-refractivity contribution in [2.45, 2.75) is 31.6 Å². The van der Waals surface area contributed by atoms with Gasteiger partial charge in [0.15, 0.2) is 0 Å². The first kappa shape index (κ1) is 8.31. The SMILES string of the molecule is CCC(SC)C(C)O. The van der Waals surface area contributed by atoms with Crippen molar-refractivity contribution in [2.24, 2.45) is 0 Å². The number of thioether (sulfide) groups is 1. The summed E-state index contributed by atoms with van der Waals surface area (Å²) in [5.74, 6) is 0. The third-order valence-electron chi connectivity index (χ3n) is 1.24. The minimum Gasteiger partial charge on any atom is -0.392 e. The van der Waals surface area contributed by atoms with Gasteiger partial charge in [-0.3, -0.25) is 0 Å². The predicted octanol–water partition coefficient (Wildman–Crippen LogP) is 1.51. The topological polar surface area (TPSA) is 20.2 Å². The first-order valence-electron chi connectivity index (χ1n) is 2.93. The highest BCUT2D eigenvalue weighted by Crippen LogP contribution is 2.13. The van der Waals surface area contributed by atoms with Gasteiger partial charge in [-0.25, -0.2) is 0 Å².